The van der Waals surface area contributed by atoms with Gasteiger partial charge in [-0.05, 0) is 12.8 Å². The first kappa shape index (κ1) is 45.9. The number of esters is 2. The Morgan fingerprint density at radius 1 is 0.551 bits per heavy atom. The summed E-state index contributed by atoms with van der Waals surface area (Å²) in [5, 5.41) is 49.8. The van der Waals surface area contributed by atoms with Gasteiger partial charge in [0.05, 0.1) is 6.61 Å². The zero-order valence-corrected chi connectivity index (χ0v) is 30.9. The highest BCUT2D eigenvalue weighted by Gasteiger charge is 2.51. The topological polar surface area (TPSA) is 210 Å². The summed E-state index contributed by atoms with van der Waals surface area (Å²) in [6.07, 6.45) is 9.11. The molecule has 0 saturated heterocycles. The molecule has 6 N–H and O–H groups in total. The molecular formula is C35H67O13P. The second-order valence-corrected chi connectivity index (χ2v) is 14.9. The third-order valence-corrected chi connectivity index (χ3v) is 9.93. The second-order valence-electron chi connectivity index (χ2n) is 13.4. The number of carbonyl (C=O) groups is 2. The molecular weight excluding hydrogens is 659 g/mol. The summed E-state index contributed by atoms with van der Waals surface area (Å²) in [7, 11) is -5.09. The Morgan fingerprint density at radius 2 is 0.918 bits per heavy atom. The van der Waals surface area contributed by atoms with Crippen LogP contribution >= 0.6 is 7.82 Å². The number of aliphatic hydroxyl groups is 5. The van der Waals surface area contributed by atoms with Crippen molar-refractivity contribution in [3.05, 3.63) is 0 Å². The van der Waals surface area contributed by atoms with Gasteiger partial charge in [0, 0.05) is 12.8 Å². The molecule has 0 amide bonds. The predicted molar refractivity (Wildman–Crippen MR) is 184 cm³/mol. The quantitative estimate of drug-likeness (QED) is 0.0312. The van der Waals surface area contributed by atoms with Crippen LogP contribution in [-0.4, -0.2) is 98.3 Å². The average Bonchev–Trinajstić information content (AvgIpc) is 3.07. The van der Waals surface area contributed by atoms with Gasteiger partial charge in [-0.15, -0.1) is 0 Å². The van der Waals surface area contributed by atoms with Gasteiger partial charge in [-0.25, -0.2) is 4.57 Å². The van der Waals surface area contributed by atoms with Crippen LogP contribution in [0.5, 0.6) is 0 Å². The second kappa shape index (κ2) is 27.5. The molecule has 6 atom stereocenters. The van der Waals surface area contributed by atoms with E-state index < -0.39 is 75.7 Å². The molecule has 0 heterocycles. The molecule has 1 aliphatic carbocycles. The van der Waals surface area contributed by atoms with Crippen molar-refractivity contribution < 1.29 is 63.1 Å². The fourth-order valence-corrected chi connectivity index (χ4v) is 6.79. The van der Waals surface area contributed by atoms with E-state index in [1.807, 2.05) is 0 Å². The van der Waals surface area contributed by atoms with E-state index >= 15 is 0 Å². The van der Waals surface area contributed by atoms with Gasteiger partial charge in [-0.3, -0.25) is 18.6 Å². The van der Waals surface area contributed by atoms with Crippen molar-refractivity contribution in [2.75, 3.05) is 13.2 Å². The highest BCUT2D eigenvalue weighted by atomic mass is 31.2. The molecule has 0 aliphatic heterocycles. The molecule has 1 fully saturated rings. The standard InChI is InChI=1S/C35H67O13P/c1-3-5-7-9-11-13-15-17-19-21-23-28(36)45-25-27(47-29(37)24-22-20-18-16-14-12-10-8-6-4-2)26-46-49(43,44)48-35-33(41)31(39)30(38)32(40)34(35)42/h27,30-35,38-42H,3-26H2,1-2H3,(H,43,44). The van der Waals surface area contributed by atoms with Crippen LogP contribution in [0.15, 0.2) is 0 Å². The van der Waals surface area contributed by atoms with Crippen LogP contribution in [0.3, 0.4) is 0 Å². The molecule has 49 heavy (non-hydrogen) atoms. The lowest BCUT2D eigenvalue weighted by atomic mass is 9.85. The van der Waals surface area contributed by atoms with Crippen LogP contribution in [-0.2, 0) is 32.7 Å². The molecule has 290 valence electrons. The highest BCUT2D eigenvalue weighted by molar-refractivity contribution is 7.47. The summed E-state index contributed by atoms with van der Waals surface area (Å²) in [6, 6.07) is 0. The van der Waals surface area contributed by atoms with Gasteiger partial charge < -0.3 is 39.9 Å². The van der Waals surface area contributed by atoms with Crippen molar-refractivity contribution >= 4 is 19.8 Å². The van der Waals surface area contributed by atoms with E-state index in [0.29, 0.717) is 12.8 Å². The molecule has 0 spiro atoms. The van der Waals surface area contributed by atoms with Crippen LogP contribution < -0.4 is 0 Å². The molecule has 1 rings (SSSR count). The fourth-order valence-electron chi connectivity index (χ4n) is 5.82. The molecule has 6 unspecified atom stereocenters. The minimum Gasteiger partial charge on any atom is -0.462 e. The first-order valence-corrected chi connectivity index (χ1v) is 20.3. The Labute approximate surface area is 293 Å². The summed E-state index contributed by atoms with van der Waals surface area (Å²) in [5.74, 6) is -1.10. The molecule has 0 bridgehead atoms. The lowest BCUT2D eigenvalue weighted by molar-refractivity contribution is -0.220. The SMILES string of the molecule is CCCCCCCCCCCCC(=O)OCC(COP(=O)(O)OC1C(O)C(O)C(O)C(O)C1O)OC(=O)CCCCCCCCCCCC. The van der Waals surface area contributed by atoms with E-state index in [1.165, 1.54) is 70.6 Å². The Balaban J connectivity index is 2.56. The Kier molecular flexibility index (Phi) is 25.7. The summed E-state index contributed by atoms with van der Waals surface area (Å²) >= 11 is 0. The van der Waals surface area contributed by atoms with Gasteiger partial charge in [-0.1, -0.05) is 129 Å². The Morgan fingerprint density at radius 3 is 1.35 bits per heavy atom. The summed E-state index contributed by atoms with van der Waals surface area (Å²) in [5.41, 5.74) is 0. The largest absolute Gasteiger partial charge is 0.472 e. The molecule has 1 saturated carbocycles. The number of unbranched alkanes of at least 4 members (excludes halogenated alkanes) is 18. The van der Waals surface area contributed by atoms with Gasteiger partial charge in [0.25, 0.3) is 0 Å². The zero-order valence-electron chi connectivity index (χ0n) is 30.0. The molecule has 1 aliphatic rings. The third kappa shape index (κ3) is 21.1. The number of phosphoric acid groups is 1. The van der Waals surface area contributed by atoms with Gasteiger partial charge in [-0.2, -0.15) is 0 Å². The monoisotopic (exact) mass is 726 g/mol. The van der Waals surface area contributed by atoms with Gasteiger partial charge >= 0.3 is 19.8 Å². The van der Waals surface area contributed by atoms with Crippen LogP contribution in [0.2, 0.25) is 0 Å². The summed E-state index contributed by atoms with van der Waals surface area (Å²) < 4.78 is 33.2. The van der Waals surface area contributed by atoms with E-state index in [2.05, 4.69) is 13.8 Å². The number of ether oxygens (including phenoxy) is 2. The van der Waals surface area contributed by atoms with Crippen LogP contribution in [0.4, 0.5) is 0 Å². The number of aliphatic hydroxyl groups excluding tert-OH is 5. The van der Waals surface area contributed by atoms with Crippen molar-refractivity contribution in [1.82, 2.24) is 0 Å². The molecule has 0 aromatic carbocycles. The molecule has 13 nitrogen and oxygen atoms in total. The minimum absolute atomic E-state index is 0.103. The predicted octanol–water partition coefficient (Wildman–Crippen LogP) is 5.38. The van der Waals surface area contributed by atoms with Gasteiger partial charge in [0.2, 0.25) is 0 Å². The number of carbonyl (C=O) groups excluding carboxylic acids is 2. The molecule has 14 heteroatoms. The minimum atomic E-state index is -5.09. The van der Waals surface area contributed by atoms with Crippen molar-refractivity contribution in [2.24, 2.45) is 0 Å². The maximum Gasteiger partial charge on any atom is 0.472 e. The van der Waals surface area contributed by atoms with Crippen molar-refractivity contribution in [3.8, 4) is 0 Å². The lowest BCUT2D eigenvalue weighted by Crippen LogP contribution is -2.64. The molecule has 0 radical (unpaired) electrons. The van der Waals surface area contributed by atoms with Crippen LogP contribution in [0.1, 0.15) is 155 Å². The van der Waals surface area contributed by atoms with Crippen molar-refractivity contribution in [2.45, 2.75) is 198 Å². The normalized spacial score (nSPS) is 24.3. The molecule has 0 aromatic rings. The van der Waals surface area contributed by atoms with E-state index in [9.17, 15) is 44.6 Å². The van der Waals surface area contributed by atoms with Gasteiger partial charge in [0.15, 0.2) is 6.10 Å². The highest BCUT2D eigenvalue weighted by Crippen LogP contribution is 2.47. The summed E-state index contributed by atoms with van der Waals surface area (Å²) in [6.45, 7) is 3.23. The maximum atomic E-state index is 12.7. The molecule has 0 aromatic heterocycles. The number of hydrogen-bond acceptors (Lipinski definition) is 12. The van der Waals surface area contributed by atoms with E-state index in [-0.39, 0.29) is 12.8 Å². The fraction of sp³-hybridized carbons (Fsp3) is 0.943. The Bertz CT molecular complexity index is 891. The van der Waals surface area contributed by atoms with E-state index in [0.717, 1.165) is 44.9 Å². The number of phosphoric ester groups is 1. The maximum absolute atomic E-state index is 12.7. The Hall–Kier alpha value is -1.15. The van der Waals surface area contributed by atoms with Crippen LogP contribution in [0.25, 0.3) is 0 Å². The van der Waals surface area contributed by atoms with E-state index in [1.54, 1.807) is 0 Å². The summed E-state index contributed by atoms with van der Waals surface area (Å²) in [4.78, 5) is 35.3. The first-order valence-electron chi connectivity index (χ1n) is 18.8. The van der Waals surface area contributed by atoms with E-state index in [4.69, 9.17) is 18.5 Å². The van der Waals surface area contributed by atoms with Crippen LogP contribution in [0, 0.1) is 0 Å². The zero-order chi connectivity index (χ0) is 36.5. The number of rotatable bonds is 30. The lowest BCUT2D eigenvalue weighted by Gasteiger charge is -2.41. The smallest absolute Gasteiger partial charge is 0.462 e. The third-order valence-electron chi connectivity index (χ3n) is 8.95. The van der Waals surface area contributed by atoms with Gasteiger partial charge in [0.1, 0.15) is 43.2 Å². The first-order chi connectivity index (χ1) is 23.4. The van der Waals surface area contributed by atoms with Crippen molar-refractivity contribution in [1.29, 1.82) is 0 Å². The average molecular weight is 727 g/mol. The number of hydrogen-bond donors (Lipinski definition) is 6. The van der Waals surface area contributed by atoms with Crippen molar-refractivity contribution in [3.63, 3.8) is 0 Å².